The summed E-state index contributed by atoms with van der Waals surface area (Å²) in [7, 11) is 0. The van der Waals surface area contributed by atoms with E-state index in [2.05, 4.69) is 102 Å². The van der Waals surface area contributed by atoms with E-state index in [9.17, 15) is 0 Å². The lowest BCUT2D eigenvalue weighted by atomic mass is 10.0. The van der Waals surface area contributed by atoms with Crippen molar-refractivity contribution in [3.05, 3.63) is 133 Å². The van der Waals surface area contributed by atoms with Gasteiger partial charge in [0.1, 0.15) is 5.52 Å². The number of benzene rings is 6. The fourth-order valence-corrected chi connectivity index (χ4v) is 4.86. The van der Waals surface area contributed by atoms with Gasteiger partial charge in [0, 0.05) is 5.39 Å². The van der Waals surface area contributed by atoms with Crippen LogP contribution >= 0.6 is 0 Å². The molecule has 170 valence electrons. The standard InChI is InChI=1S/C33H22N2O/c1-2-11-28(12-3-1)35(33-34-31-21-18-25-9-6-7-13-30(25)32(31)36-33)29-19-16-24(17-20-29)27-15-14-23-8-4-5-10-26(23)22-27/h1-22H. The van der Waals surface area contributed by atoms with Gasteiger partial charge in [0.05, 0.1) is 11.4 Å². The lowest BCUT2D eigenvalue weighted by Gasteiger charge is -2.21. The number of anilines is 3. The second kappa shape index (κ2) is 8.40. The zero-order valence-corrected chi connectivity index (χ0v) is 19.5. The van der Waals surface area contributed by atoms with Gasteiger partial charge in [0.25, 0.3) is 0 Å². The van der Waals surface area contributed by atoms with Crippen molar-refractivity contribution < 1.29 is 4.42 Å². The van der Waals surface area contributed by atoms with E-state index >= 15 is 0 Å². The number of fused-ring (bicyclic) bond motifs is 4. The Morgan fingerprint density at radius 2 is 1.14 bits per heavy atom. The van der Waals surface area contributed by atoms with E-state index in [1.165, 1.54) is 21.9 Å². The highest BCUT2D eigenvalue weighted by Gasteiger charge is 2.19. The van der Waals surface area contributed by atoms with Gasteiger partial charge in [-0.15, -0.1) is 0 Å². The van der Waals surface area contributed by atoms with Crippen LogP contribution in [0.25, 0.3) is 43.8 Å². The van der Waals surface area contributed by atoms with Crippen LogP contribution in [0.5, 0.6) is 0 Å². The summed E-state index contributed by atoms with van der Waals surface area (Å²) < 4.78 is 6.43. The Labute approximate surface area is 208 Å². The quantitative estimate of drug-likeness (QED) is 0.261. The maximum Gasteiger partial charge on any atom is 0.307 e. The second-order valence-electron chi connectivity index (χ2n) is 8.91. The summed E-state index contributed by atoms with van der Waals surface area (Å²) in [4.78, 5) is 6.96. The van der Waals surface area contributed by atoms with Crippen LogP contribution in [-0.4, -0.2) is 4.98 Å². The number of nitrogens with zero attached hydrogens (tertiary/aromatic N) is 2. The lowest BCUT2D eigenvalue weighted by Crippen LogP contribution is -2.10. The fourth-order valence-electron chi connectivity index (χ4n) is 4.86. The van der Waals surface area contributed by atoms with Crippen molar-refractivity contribution in [3.63, 3.8) is 0 Å². The minimum Gasteiger partial charge on any atom is -0.422 e. The van der Waals surface area contributed by atoms with Crippen molar-refractivity contribution in [1.82, 2.24) is 4.98 Å². The molecule has 6 aromatic carbocycles. The first-order chi connectivity index (χ1) is 17.8. The molecule has 1 heterocycles. The summed E-state index contributed by atoms with van der Waals surface area (Å²) in [6, 6.07) is 46.8. The van der Waals surface area contributed by atoms with Crippen LogP contribution in [0.1, 0.15) is 0 Å². The third kappa shape index (κ3) is 3.50. The van der Waals surface area contributed by atoms with Crippen LogP contribution in [0.3, 0.4) is 0 Å². The molecule has 7 aromatic rings. The summed E-state index contributed by atoms with van der Waals surface area (Å²) in [6.07, 6.45) is 0. The Morgan fingerprint density at radius 3 is 1.97 bits per heavy atom. The van der Waals surface area contributed by atoms with Crippen molar-refractivity contribution >= 4 is 50.0 Å². The molecule has 0 radical (unpaired) electrons. The van der Waals surface area contributed by atoms with Gasteiger partial charge >= 0.3 is 6.01 Å². The van der Waals surface area contributed by atoms with Crippen LogP contribution in [0.15, 0.2) is 138 Å². The molecule has 0 atom stereocenters. The Bertz CT molecular complexity index is 1840. The van der Waals surface area contributed by atoms with Crippen molar-refractivity contribution in [1.29, 1.82) is 0 Å². The molecule has 0 N–H and O–H groups in total. The Morgan fingerprint density at radius 1 is 0.500 bits per heavy atom. The molecule has 0 bridgehead atoms. The topological polar surface area (TPSA) is 29.3 Å². The molecular weight excluding hydrogens is 440 g/mol. The molecule has 3 nitrogen and oxygen atoms in total. The first-order valence-corrected chi connectivity index (χ1v) is 12.1. The van der Waals surface area contributed by atoms with E-state index in [0.29, 0.717) is 6.01 Å². The Hall–Kier alpha value is -4.89. The average Bonchev–Trinajstić information content (AvgIpc) is 3.38. The summed E-state index contributed by atoms with van der Waals surface area (Å²) in [5, 5.41) is 4.69. The monoisotopic (exact) mass is 462 g/mol. The maximum atomic E-state index is 6.43. The van der Waals surface area contributed by atoms with Gasteiger partial charge in [-0.2, -0.15) is 4.98 Å². The maximum absolute atomic E-state index is 6.43. The molecule has 7 rings (SSSR count). The van der Waals surface area contributed by atoms with Gasteiger partial charge in [-0.25, -0.2) is 0 Å². The minimum absolute atomic E-state index is 0.547. The third-order valence-corrected chi connectivity index (χ3v) is 6.68. The number of oxazole rings is 1. The van der Waals surface area contributed by atoms with Crippen molar-refractivity contribution in [2.75, 3.05) is 4.90 Å². The molecule has 0 saturated heterocycles. The van der Waals surface area contributed by atoms with Crippen LogP contribution in [0.4, 0.5) is 17.4 Å². The van der Waals surface area contributed by atoms with Gasteiger partial charge in [-0.3, -0.25) is 4.90 Å². The molecule has 1 aromatic heterocycles. The summed E-state index contributed by atoms with van der Waals surface area (Å²) in [6.45, 7) is 0. The molecular formula is C33H22N2O. The fraction of sp³-hybridized carbons (Fsp3) is 0. The number of rotatable bonds is 4. The van der Waals surface area contributed by atoms with E-state index in [1.807, 2.05) is 36.4 Å². The zero-order chi connectivity index (χ0) is 23.9. The van der Waals surface area contributed by atoms with Crippen LogP contribution in [-0.2, 0) is 0 Å². The molecule has 0 saturated carbocycles. The van der Waals surface area contributed by atoms with Crippen LogP contribution in [0, 0.1) is 0 Å². The largest absolute Gasteiger partial charge is 0.422 e. The number of aromatic nitrogens is 1. The van der Waals surface area contributed by atoms with Crippen LogP contribution < -0.4 is 4.90 Å². The number of para-hydroxylation sites is 1. The van der Waals surface area contributed by atoms with Gasteiger partial charge in [-0.05, 0) is 63.7 Å². The molecule has 0 spiro atoms. The molecule has 0 aliphatic rings. The van der Waals surface area contributed by atoms with E-state index in [4.69, 9.17) is 9.40 Å². The Kier molecular flexibility index (Phi) is 4.78. The van der Waals surface area contributed by atoms with Gasteiger partial charge in [0.2, 0.25) is 0 Å². The van der Waals surface area contributed by atoms with Gasteiger partial charge < -0.3 is 4.42 Å². The number of hydrogen-bond acceptors (Lipinski definition) is 3. The minimum atomic E-state index is 0.547. The highest BCUT2D eigenvalue weighted by molar-refractivity contribution is 6.03. The van der Waals surface area contributed by atoms with Crippen LogP contribution in [0.2, 0.25) is 0 Å². The highest BCUT2D eigenvalue weighted by atomic mass is 16.4. The van der Waals surface area contributed by atoms with E-state index in [0.717, 1.165) is 33.2 Å². The van der Waals surface area contributed by atoms with E-state index in [1.54, 1.807) is 0 Å². The molecule has 0 unspecified atom stereocenters. The summed E-state index contributed by atoms with van der Waals surface area (Å²) >= 11 is 0. The molecule has 0 amide bonds. The van der Waals surface area contributed by atoms with Gasteiger partial charge in [-0.1, -0.05) is 97.1 Å². The van der Waals surface area contributed by atoms with Gasteiger partial charge in [0.15, 0.2) is 5.58 Å². The molecule has 0 fully saturated rings. The smallest absolute Gasteiger partial charge is 0.307 e. The average molecular weight is 463 g/mol. The molecule has 0 aliphatic heterocycles. The SMILES string of the molecule is c1ccc(N(c2ccc(-c3ccc4ccccc4c3)cc2)c2nc3ccc4ccccc4c3o2)cc1. The summed E-state index contributed by atoms with van der Waals surface area (Å²) in [5.41, 5.74) is 5.99. The van der Waals surface area contributed by atoms with Crippen molar-refractivity contribution in [2.24, 2.45) is 0 Å². The van der Waals surface area contributed by atoms with Crippen molar-refractivity contribution in [2.45, 2.75) is 0 Å². The molecule has 0 aliphatic carbocycles. The van der Waals surface area contributed by atoms with E-state index < -0.39 is 0 Å². The third-order valence-electron chi connectivity index (χ3n) is 6.68. The molecule has 3 heteroatoms. The molecule has 36 heavy (non-hydrogen) atoms. The lowest BCUT2D eigenvalue weighted by molar-refractivity contribution is 0.611. The normalized spacial score (nSPS) is 11.3. The Balaban J connectivity index is 1.34. The first kappa shape index (κ1) is 20.5. The van der Waals surface area contributed by atoms with E-state index in [-0.39, 0.29) is 0 Å². The highest BCUT2D eigenvalue weighted by Crippen LogP contribution is 2.38. The first-order valence-electron chi connectivity index (χ1n) is 12.1. The number of hydrogen-bond donors (Lipinski definition) is 0. The second-order valence-corrected chi connectivity index (χ2v) is 8.91. The predicted molar refractivity (Wildman–Crippen MR) is 149 cm³/mol. The predicted octanol–water partition coefficient (Wildman–Crippen LogP) is 9.27. The zero-order valence-electron chi connectivity index (χ0n) is 19.5. The summed E-state index contributed by atoms with van der Waals surface area (Å²) in [5.74, 6) is 0. The van der Waals surface area contributed by atoms with Crippen molar-refractivity contribution in [3.8, 4) is 11.1 Å².